The molecule has 3 nitrogen and oxygen atoms in total. The molecule has 1 aromatic carbocycles. The molecule has 3 N–H and O–H groups in total. The average molecular weight is 230 g/mol. The first-order valence-electron chi connectivity index (χ1n) is 4.65. The van der Waals surface area contributed by atoms with Gasteiger partial charge in [-0.1, -0.05) is 18.5 Å². The Morgan fingerprint density at radius 1 is 1.60 bits per heavy atom. The van der Waals surface area contributed by atoms with Crippen LogP contribution in [0, 0.1) is 5.82 Å². The van der Waals surface area contributed by atoms with Gasteiger partial charge in [-0.3, -0.25) is 4.99 Å². The summed E-state index contributed by atoms with van der Waals surface area (Å²) in [7, 11) is 0. The van der Waals surface area contributed by atoms with Crippen LogP contribution in [0.4, 0.5) is 4.39 Å². The highest BCUT2D eigenvalue weighted by Gasteiger charge is 2.07. The third-order valence-corrected chi connectivity index (χ3v) is 2.13. The number of rotatable bonds is 3. The summed E-state index contributed by atoms with van der Waals surface area (Å²) in [6, 6.07) is 4.10. The molecule has 0 spiro atoms. The van der Waals surface area contributed by atoms with E-state index in [1.165, 1.54) is 12.1 Å². The summed E-state index contributed by atoms with van der Waals surface area (Å²) in [6.07, 6.45) is 0.907. The number of nitrogens with zero attached hydrogens (tertiary/aromatic N) is 1. The Hall–Kier alpha value is -1.13. The average Bonchev–Trinajstić information content (AvgIpc) is 2.21. The maximum atomic E-state index is 12.8. The van der Waals surface area contributed by atoms with Crippen molar-refractivity contribution in [2.75, 3.05) is 6.54 Å². The lowest BCUT2D eigenvalue weighted by molar-refractivity contribution is 0.628. The fourth-order valence-corrected chi connectivity index (χ4v) is 1.37. The Morgan fingerprint density at radius 2 is 2.33 bits per heavy atom. The van der Waals surface area contributed by atoms with Crippen molar-refractivity contribution in [2.45, 2.75) is 13.3 Å². The maximum Gasteiger partial charge on any atom is 0.144 e. The summed E-state index contributed by atoms with van der Waals surface area (Å²) in [5.74, 6) is 5.41. The van der Waals surface area contributed by atoms with Crippen molar-refractivity contribution in [1.82, 2.24) is 5.43 Å². The standard InChI is InChI=1S/C10H13ClFN3/c1-2-5-14-10(15-13)8-4-3-7(12)6-9(8)11/h3-4,6H,2,5,13H2,1H3,(H,14,15). The Labute approximate surface area is 93.1 Å². The number of halogens is 2. The third kappa shape index (κ3) is 3.18. The van der Waals surface area contributed by atoms with Gasteiger partial charge in [-0.2, -0.15) is 0 Å². The number of hydrogen-bond acceptors (Lipinski definition) is 2. The molecule has 0 aliphatic heterocycles. The van der Waals surface area contributed by atoms with Crippen molar-refractivity contribution >= 4 is 17.4 Å². The molecule has 0 aliphatic carbocycles. The summed E-state index contributed by atoms with van der Waals surface area (Å²) in [6.45, 7) is 2.65. The minimum atomic E-state index is -0.379. The van der Waals surface area contributed by atoms with E-state index in [0.717, 1.165) is 6.42 Å². The Bertz CT molecular complexity index is 366. The van der Waals surface area contributed by atoms with Gasteiger partial charge < -0.3 is 5.43 Å². The zero-order valence-electron chi connectivity index (χ0n) is 8.43. The van der Waals surface area contributed by atoms with E-state index < -0.39 is 0 Å². The molecule has 0 aliphatic rings. The minimum Gasteiger partial charge on any atom is -0.308 e. The molecule has 0 amide bonds. The molecule has 5 heteroatoms. The van der Waals surface area contributed by atoms with Crippen molar-refractivity contribution in [1.29, 1.82) is 0 Å². The van der Waals surface area contributed by atoms with E-state index in [0.29, 0.717) is 23.0 Å². The molecule has 0 saturated heterocycles. The number of amidine groups is 1. The van der Waals surface area contributed by atoms with Crippen molar-refractivity contribution in [2.24, 2.45) is 10.8 Å². The Kier molecular flexibility index (Phi) is 4.52. The number of nitrogens with one attached hydrogen (secondary N) is 1. The van der Waals surface area contributed by atoms with Crippen LogP contribution in [0.3, 0.4) is 0 Å². The molecular weight excluding hydrogens is 217 g/mol. The van der Waals surface area contributed by atoms with Crippen LogP contribution < -0.4 is 11.3 Å². The second-order valence-corrected chi connectivity index (χ2v) is 3.41. The van der Waals surface area contributed by atoms with E-state index in [4.69, 9.17) is 17.4 Å². The van der Waals surface area contributed by atoms with Gasteiger partial charge in [-0.25, -0.2) is 10.2 Å². The smallest absolute Gasteiger partial charge is 0.144 e. The third-order valence-electron chi connectivity index (χ3n) is 1.82. The van der Waals surface area contributed by atoms with Gasteiger partial charge in [0.05, 0.1) is 5.02 Å². The first kappa shape index (κ1) is 11.9. The van der Waals surface area contributed by atoms with E-state index in [2.05, 4.69) is 10.4 Å². The zero-order valence-corrected chi connectivity index (χ0v) is 9.18. The van der Waals surface area contributed by atoms with E-state index in [1.54, 1.807) is 6.07 Å². The van der Waals surface area contributed by atoms with Crippen LogP contribution in [0.2, 0.25) is 5.02 Å². The fraction of sp³-hybridized carbons (Fsp3) is 0.300. The van der Waals surface area contributed by atoms with Crippen molar-refractivity contribution in [3.8, 4) is 0 Å². The van der Waals surface area contributed by atoms with Gasteiger partial charge in [-0.15, -0.1) is 0 Å². The number of hydrazine groups is 1. The second-order valence-electron chi connectivity index (χ2n) is 3.00. The molecule has 0 bridgehead atoms. The summed E-state index contributed by atoms with van der Waals surface area (Å²) < 4.78 is 12.8. The molecule has 0 radical (unpaired) electrons. The predicted octanol–water partition coefficient (Wildman–Crippen LogP) is 2.10. The van der Waals surface area contributed by atoms with Gasteiger partial charge in [0.15, 0.2) is 0 Å². The number of aliphatic imine (C=N–C) groups is 1. The molecule has 0 fully saturated rings. The van der Waals surface area contributed by atoms with Crippen LogP contribution in [-0.4, -0.2) is 12.4 Å². The lowest BCUT2D eigenvalue weighted by Gasteiger charge is -2.07. The first-order valence-corrected chi connectivity index (χ1v) is 5.03. The van der Waals surface area contributed by atoms with Crippen LogP contribution in [-0.2, 0) is 0 Å². The zero-order chi connectivity index (χ0) is 11.3. The number of nitrogens with two attached hydrogens (primary N) is 1. The molecule has 1 rings (SSSR count). The second kappa shape index (κ2) is 5.68. The minimum absolute atomic E-state index is 0.294. The van der Waals surface area contributed by atoms with Crippen LogP contribution >= 0.6 is 11.6 Å². The highest BCUT2D eigenvalue weighted by atomic mass is 35.5. The predicted molar refractivity (Wildman–Crippen MR) is 60.4 cm³/mol. The molecule has 0 unspecified atom stereocenters. The molecule has 0 saturated carbocycles. The van der Waals surface area contributed by atoms with Crippen molar-refractivity contribution in [3.63, 3.8) is 0 Å². The van der Waals surface area contributed by atoms with Crippen molar-refractivity contribution < 1.29 is 4.39 Å². The summed E-state index contributed by atoms with van der Waals surface area (Å²) in [5.41, 5.74) is 3.06. The molecule has 1 aromatic rings. The van der Waals surface area contributed by atoms with Crippen LogP contribution in [0.15, 0.2) is 23.2 Å². The lowest BCUT2D eigenvalue weighted by Crippen LogP contribution is -2.31. The lowest BCUT2D eigenvalue weighted by atomic mass is 10.2. The van der Waals surface area contributed by atoms with E-state index in [1.807, 2.05) is 6.92 Å². The topological polar surface area (TPSA) is 50.4 Å². The summed E-state index contributed by atoms with van der Waals surface area (Å²) in [5, 5.41) is 0.294. The van der Waals surface area contributed by atoms with Crippen molar-refractivity contribution in [3.05, 3.63) is 34.6 Å². The van der Waals surface area contributed by atoms with Gasteiger partial charge >= 0.3 is 0 Å². The fourth-order valence-electron chi connectivity index (χ4n) is 1.11. The highest BCUT2D eigenvalue weighted by Crippen LogP contribution is 2.17. The van der Waals surface area contributed by atoms with E-state index in [-0.39, 0.29) is 5.82 Å². The molecule has 0 aromatic heterocycles. The quantitative estimate of drug-likeness (QED) is 0.361. The van der Waals surface area contributed by atoms with Crippen LogP contribution in [0.1, 0.15) is 18.9 Å². The molecule has 0 heterocycles. The molecule has 15 heavy (non-hydrogen) atoms. The van der Waals surface area contributed by atoms with Gasteiger partial charge in [-0.05, 0) is 24.6 Å². The van der Waals surface area contributed by atoms with Gasteiger partial charge in [0.2, 0.25) is 0 Å². The molecular formula is C10H13ClFN3. The molecule has 82 valence electrons. The number of hydrogen-bond donors (Lipinski definition) is 2. The Balaban J connectivity index is 3.02. The maximum absolute atomic E-state index is 12.8. The van der Waals surface area contributed by atoms with Gasteiger partial charge in [0.25, 0.3) is 0 Å². The van der Waals surface area contributed by atoms with E-state index in [9.17, 15) is 4.39 Å². The highest BCUT2D eigenvalue weighted by molar-refractivity contribution is 6.34. The first-order chi connectivity index (χ1) is 7.19. The van der Waals surface area contributed by atoms with Crippen LogP contribution in [0.5, 0.6) is 0 Å². The van der Waals surface area contributed by atoms with Gasteiger partial charge in [0.1, 0.15) is 11.7 Å². The number of benzene rings is 1. The normalized spacial score (nSPS) is 11.6. The largest absolute Gasteiger partial charge is 0.308 e. The van der Waals surface area contributed by atoms with Crippen LogP contribution in [0.25, 0.3) is 0 Å². The van der Waals surface area contributed by atoms with Gasteiger partial charge in [0, 0.05) is 12.1 Å². The monoisotopic (exact) mass is 229 g/mol. The summed E-state index contributed by atoms with van der Waals surface area (Å²) in [4.78, 5) is 4.20. The Morgan fingerprint density at radius 3 is 2.87 bits per heavy atom. The SMILES string of the molecule is CCCN=C(NN)c1ccc(F)cc1Cl. The van der Waals surface area contributed by atoms with E-state index >= 15 is 0 Å². The summed E-state index contributed by atoms with van der Waals surface area (Å²) >= 11 is 5.87. The molecule has 0 atom stereocenters.